The molecule has 7 unspecified atom stereocenters. The Morgan fingerprint density at radius 2 is 1.68 bits per heavy atom. The van der Waals surface area contributed by atoms with Crippen molar-refractivity contribution in [1.29, 1.82) is 0 Å². The second kappa shape index (κ2) is 6.90. The molecule has 3 fully saturated rings. The van der Waals surface area contributed by atoms with E-state index in [4.69, 9.17) is 0 Å². The summed E-state index contributed by atoms with van der Waals surface area (Å²) >= 11 is 0. The molecule has 0 saturated heterocycles. The molecule has 0 nitrogen and oxygen atoms in total. The van der Waals surface area contributed by atoms with Crippen molar-refractivity contribution >= 4 is 0 Å². The average molecular weight is 343 g/mol. The van der Waals surface area contributed by atoms with Gasteiger partial charge in [-0.1, -0.05) is 64.8 Å². The maximum atomic E-state index is 2.71. The van der Waals surface area contributed by atoms with E-state index in [0.717, 1.165) is 29.6 Å². The Labute approximate surface area is 157 Å². The maximum absolute atomic E-state index is 2.71. The molecular formula is C25H42. The minimum Gasteiger partial charge on any atom is -0.0876 e. The van der Waals surface area contributed by atoms with Crippen molar-refractivity contribution in [2.45, 2.75) is 93.4 Å². The molecule has 0 bridgehead atoms. The lowest BCUT2D eigenvalue weighted by molar-refractivity contribution is -0.0177. The summed E-state index contributed by atoms with van der Waals surface area (Å²) in [6.07, 6.45) is 15.2. The van der Waals surface area contributed by atoms with Gasteiger partial charge in [-0.05, 0) is 92.3 Å². The summed E-state index contributed by atoms with van der Waals surface area (Å²) in [6.45, 7) is 16.5. The standard InChI is InChI=1S/C23H36.C2H6/c1-6-19-16(3)14-21-18-8-7-17-13-15(2)9-11-22(17,4)20(18)10-12-23(19,21)5;1-2/h6-7,15-16,18,20-21H,8-14H2,1-5H3;1-2H3/b19-6+;. The summed E-state index contributed by atoms with van der Waals surface area (Å²) in [5, 5.41) is 0. The summed E-state index contributed by atoms with van der Waals surface area (Å²) < 4.78 is 0. The lowest BCUT2D eigenvalue weighted by atomic mass is 9.47. The monoisotopic (exact) mass is 342 g/mol. The van der Waals surface area contributed by atoms with Crippen LogP contribution in [-0.2, 0) is 0 Å². The molecule has 3 saturated carbocycles. The second-order valence-electron chi connectivity index (χ2n) is 9.94. The summed E-state index contributed by atoms with van der Waals surface area (Å²) in [6, 6.07) is 0. The fraction of sp³-hybridized carbons (Fsp3) is 0.840. The molecule has 0 aromatic carbocycles. The first-order chi connectivity index (χ1) is 11.9. The highest BCUT2D eigenvalue weighted by Gasteiger charge is 2.58. The Hall–Kier alpha value is -0.520. The van der Waals surface area contributed by atoms with Crippen LogP contribution in [0.15, 0.2) is 23.3 Å². The van der Waals surface area contributed by atoms with Gasteiger partial charge in [0.15, 0.2) is 0 Å². The largest absolute Gasteiger partial charge is 0.0876 e. The first kappa shape index (κ1) is 19.2. The highest BCUT2D eigenvalue weighted by atomic mass is 14.6. The molecule has 0 aromatic heterocycles. The lowest BCUT2D eigenvalue weighted by Gasteiger charge is -2.57. The molecular weight excluding hydrogens is 300 g/mol. The number of fused-ring (bicyclic) bond motifs is 5. The van der Waals surface area contributed by atoms with Crippen LogP contribution in [0.1, 0.15) is 93.4 Å². The molecule has 0 radical (unpaired) electrons. The summed E-state index contributed by atoms with van der Waals surface area (Å²) in [5.74, 6) is 4.60. The van der Waals surface area contributed by atoms with E-state index in [2.05, 4.69) is 46.8 Å². The van der Waals surface area contributed by atoms with Crippen LogP contribution in [0, 0.1) is 40.4 Å². The number of hydrogen-bond donors (Lipinski definition) is 0. The zero-order chi connectivity index (χ0) is 18.4. The Bertz CT molecular complexity index is 552. The highest BCUT2D eigenvalue weighted by Crippen LogP contribution is 2.67. The van der Waals surface area contributed by atoms with E-state index < -0.39 is 0 Å². The van der Waals surface area contributed by atoms with Gasteiger partial charge >= 0.3 is 0 Å². The quantitative estimate of drug-likeness (QED) is 0.394. The Morgan fingerprint density at radius 1 is 1.00 bits per heavy atom. The molecule has 0 aliphatic heterocycles. The third-order valence-electron chi connectivity index (χ3n) is 8.85. The van der Waals surface area contributed by atoms with E-state index in [1.807, 2.05) is 19.4 Å². The smallest absolute Gasteiger partial charge is 0.00824 e. The topological polar surface area (TPSA) is 0 Å². The van der Waals surface area contributed by atoms with Gasteiger partial charge in [0.05, 0.1) is 0 Å². The molecule has 4 aliphatic carbocycles. The van der Waals surface area contributed by atoms with Crippen molar-refractivity contribution in [2.75, 3.05) is 0 Å². The molecule has 4 aliphatic rings. The Morgan fingerprint density at radius 3 is 2.36 bits per heavy atom. The molecule has 142 valence electrons. The predicted molar refractivity (Wildman–Crippen MR) is 111 cm³/mol. The van der Waals surface area contributed by atoms with Gasteiger partial charge in [0.25, 0.3) is 0 Å². The Balaban J connectivity index is 0.000000880. The van der Waals surface area contributed by atoms with Gasteiger partial charge in [-0.2, -0.15) is 0 Å². The van der Waals surface area contributed by atoms with E-state index in [-0.39, 0.29) is 0 Å². The van der Waals surface area contributed by atoms with Crippen molar-refractivity contribution in [3.8, 4) is 0 Å². The van der Waals surface area contributed by atoms with Gasteiger partial charge in [0.1, 0.15) is 0 Å². The maximum Gasteiger partial charge on any atom is -0.00824 e. The lowest BCUT2D eigenvalue weighted by Crippen LogP contribution is -2.49. The zero-order valence-electron chi connectivity index (χ0n) is 18.0. The fourth-order valence-corrected chi connectivity index (χ4v) is 7.64. The van der Waals surface area contributed by atoms with Crippen molar-refractivity contribution in [2.24, 2.45) is 40.4 Å². The van der Waals surface area contributed by atoms with Crippen LogP contribution in [0.5, 0.6) is 0 Å². The first-order valence-corrected chi connectivity index (χ1v) is 11.3. The first-order valence-electron chi connectivity index (χ1n) is 11.3. The molecule has 25 heavy (non-hydrogen) atoms. The summed E-state index contributed by atoms with van der Waals surface area (Å²) in [4.78, 5) is 0. The van der Waals surface area contributed by atoms with E-state index >= 15 is 0 Å². The molecule has 0 heteroatoms. The van der Waals surface area contributed by atoms with Crippen LogP contribution in [0.2, 0.25) is 0 Å². The van der Waals surface area contributed by atoms with Crippen LogP contribution in [0.3, 0.4) is 0 Å². The summed E-state index contributed by atoms with van der Waals surface area (Å²) in [5.41, 5.74) is 4.69. The van der Waals surface area contributed by atoms with Crippen molar-refractivity contribution in [3.05, 3.63) is 23.3 Å². The van der Waals surface area contributed by atoms with Gasteiger partial charge in [-0.15, -0.1) is 0 Å². The van der Waals surface area contributed by atoms with E-state index in [9.17, 15) is 0 Å². The molecule has 4 rings (SSSR count). The second-order valence-corrected chi connectivity index (χ2v) is 9.94. The summed E-state index contributed by atoms with van der Waals surface area (Å²) in [7, 11) is 0. The molecule has 0 spiro atoms. The fourth-order valence-electron chi connectivity index (χ4n) is 7.64. The van der Waals surface area contributed by atoms with Crippen molar-refractivity contribution < 1.29 is 0 Å². The highest BCUT2D eigenvalue weighted by molar-refractivity contribution is 5.30. The van der Waals surface area contributed by atoms with Gasteiger partial charge in [-0.25, -0.2) is 0 Å². The Kier molecular flexibility index (Phi) is 5.31. The normalized spacial score (nSPS) is 50.1. The van der Waals surface area contributed by atoms with Crippen molar-refractivity contribution in [1.82, 2.24) is 0 Å². The molecule has 0 amide bonds. The van der Waals surface area contributed by atoms with Crippen LogP contribution < -0.4 is 0 Å². The molecule has 0 N–H and O–H groups in total. The number of hydrogen-bond acceptors (Lipinski definition) is 0. The van der Waals surface area contributed by atoms with E-state index in [1.165, 1.54) is 44.9 Å². The third kappa shape index (κ3) is 2.78. The van der Waals surface area contributed by atoms with Crippen LogP contribution in [-0.4, -0.2) is 0 Å². The van der Waals surface area contributed by atoms with Gasteiger partial charge in [0, 0.05) is 0 Å². The van der Waals surface area contributed by atoms with Crippen LogP contribution in [0.4, 0.5) is 0 Å². The third-order valence-corrected chi connectivity index (χ3v) is 8.85. The molecule has 0 heterocycles. The van der Waals surface area contributed by atoms with Gasteiger partial charge in [-0.3, -0.25) is 0 Å². The van der Waals surface area contributed by atoms with E-state index in [1.54, 1.807) is 5.57 Å². The SMILES string of the molecule is C/C=C1\C(C)CC2C3CC=C4CC(C)CCC4(C)C3CCC12C.CC. The average Bonchev–Trinajstić information content (AvgIpc) is 2.87. The predicted octanol–water partition coefficient (Wildman–Crippen LogP) is 7.80. The minimum atomic E-state index is 0.513. The van der Waals surface area contributed by atoms with Crippen molar-refractivity contribution in [3.63, 3.8) is 0 Å². The van der Waals surface area contributed by atoms with Crippen LogP contribution >= 0.6 is 0 Å². The van der Waals surface area contributed by atoms with Crippen LogP contribution in [0.25, 0.3) is 0 Å². The van der Waals surface area contributed by atoms with E-state index in [0.29, 0.717) is 10.8 Å². The van der Waals surface area contributed by atoms with Gasteiger partial charge in [0.2, 0.25) is 0 Å². The number of rotatable bonds is 0. The molecule has 0 aromatic rings. The molecule has 7 atom stereocenters. The van der Waals surface area contributed by atoms with Gasteiger partial charge < -0.3 is 0 Å². The minimum absolute atomic E-state index is 0.513. The number of allylic oxidation sites excluding steroid dienone is 4. The zero-order valence-corrected chi connectivity index (χ0v) is 18.0.